The van der Waals surface area contributed by atoms with Gasteiger partial charge < -0.3 is 9.15 Å². The lowest BCUT2D eigenvalue weighted by atomic mass is 10.0. The van der Waals surface area contributed by atoms with E-state index < -0.39 is 5.63 Å². The van der Waals surface area contributed by atoms with Crippen molar-refractivity contribution in [1.29, 1.82) is 0 Å². The fourth-order valence-electron chi connectivity index (χ4n) is 2.14. The highest BCUT2D eigenvalue weighted by molar-refractivity contribution is 5.80. The molecule has 0 saturated carbocycles. The maximum atomic E-state index is 12.0. The molecule has 21 heavy (non-hydrogen) atoms. The topological polar surface area (TPSA) is 56.5 Å². The van der Waals surface area contributed by atoms with E-state index in [0.29, 0.717) is 11.3 Å². The number of carbonyl (C=O) groups is 1. The van der Waals surface area contributed by atoms with E-state index in [9.17, 15) is 9.59 Å². The molecule has 0 saturated heterocycles. The van der Waals surface area contributed by atoms with Crippen LogP contribution in [0.2, 0.25) is 0 Å². The average molecular weight is 288 g/mol. The third-order valence-electron chi connectivity index (χ3n) is 3.46. The number of rotatable bonds is 6. The Balaban J connectivity index is 2.05. The van der Waals surface area contributed by atoms with Gasteiger partial charge in [-0.1, -0.05) is 33.1 Å². The van der Waals surface area contributed by atoms with Gasteiger partial charge in [0.2, 0.25) is 0 Å². The Morgan fingerprint density at radius 3 is 2.76 bits per heavy atom. The Labute approximate surface area is 123 Å². The predicted octanol–water partition coefficient (Wildman–Crippen LogP) is 3.91. The Kier molecular flexibility index (Phi) is 5.14. The SMILES string of the molecule is CCCCCC(C)C(=O)Oc1ccc2ccc(=O)oc2c1. The molecule has 1 heterocycles. The van der Waals surface area contributed by atoms with E-state index in [0.717, 1.165) is 31.1 Å². The summed E-state index contributed by atoms with van der Waals surface area (Å²) in [5.74, 6) is 0.0305. The first-order valence-electron chi connectivity index (χ1n) is 7.35. The molecule has 0 fully saturated rings. The molecule has 0 aliphatic heterocycles. The number of unbranched alkanes of at least 4 members (excludes halogenated alkanes) is 2. The Morgan fingerprint density at radius 1 is 1.24 bits per heavy atom. The molecule has 112 valence electrons. The van der Waals surface area contributed by atoms with Crippen molar-refractivity contribution in [3.8, 4) is 5.75 Å². The van der Waals surface area contributed by atoms with E-state index in [2.05, 4.69) is 6.92 Å². The van der Waals surface area contributed by atoms with Gasteiger partial charge in [-0.15, -0.1) is 0 Å². The highest BCUT2D eigenvalue weighted by Gasteiger charge is 2.15. The largest absolute Gasteiger partial charge is 0.426 e. The molecule has 0 bridgehead atoms. The Hall–Kier alpha value is -2.10. The van der Waals surface area contributed by atoms with Crippen LogP contribution in [0.25, 0.3) is 11.0 Å². The summed E-state index contributed by atoms with van der Waals surface area (Å²) in [6, 6.07) is 8.10. The van der Waals surface area contributed by atoms with E-state index >= 15 is 0 Å². The van der Waals surface area contributed by atoms with Crippen LogP contribution in [0, 0.1) is 5.92 Å². The van der Waals surface area contributed by atoms with Gasteiger partial charge in [0.15, 0.2) is 0 Å². The molecule has 0 radical (unpaired) electrons. The standard InChI is InChI=1S/C17H20O4/c1-3-4-5-6-12(2)17(19)20-14-9-7-13-8-10-16(18)21-15(13)11-14/h7-12H,3-6H2,1-2H3. The van der Waals surface area contributed by atoms with Gasteiger partial charge in [-0.3, -0.25) is 4.79 Å². The number of hydrogen-bond acceptors (Lipinski definition) is 4. The lowest BCUT2D eigenvalue weighted by Gasteiger charge is -2.11. The summed E-state index contributed by atoms with van der Waals surface area (Å²) in [5.41, 5.74) is 0.00495. The van der Waals surface area contributed by atoms with Gasteiger partial charge in [-0.2, -0.15) is 0 Å². The summed E-state index contributed by atoms with van der Waals surface area (Å²) in [5, 5.41) is 0.797. The van der Waals surface area contributed by atoms with Crippen molar-refractivity contribution in [3.63, 3.8) is 0 Å². The van der Waals surface area contributed by atoms with Crippen LogP contribution in [0.15, 0.2) is 39.5 Å². The summed E-state index contributed by atoms with van der Waals surface area (Å²) in [4.78, 5) is 23.2. The molecule has 4 heteroatoms. The van der Waals surface area contributed by atoms with Crippen LogP contribution >= 0.6 is 0 Å². The third-order valence-corrected chi connectivity index (χ3v) is 3.46. The van der Waals surface area contributed by atoms with Crippen molar-refractivity contribution in [2.75, 3.05) is 0 Å². The van der Waals surface area contributed by atoms with Crippen LogP contribution in [0.3, 0.4) is 0 Å². The first-order chi connectivity index (χ1) is 10.1. The normalized spacial score (nSPS) is 12.3. The zero-order valence-corrected chi connectivity index (χ0v) is 12.4. The van der Waals surface area contributed by atoms with E-state index in [4.69, 9.17) is 9.15 Å². The zero-order valence-electron chi connectivity index (χ0n) is 12.4. The number of ether oxygens (including phenoxy) is 1. The van der Waals surface area contributed by atoms with Crippen molar-refractivity contribution in [1.82, 2.24) is 0 Å². The molecule has 4 nitrogen and oxygen atoms in total. The lowest BCUT2D eigenvalue weighted by Crippen LogP contribution is -2.17. The average Bonchev–Trinajstić information content (AvgIpc) is 2.46. The molecule has 2 aromatic rings. The molecule has 0 N–H and O–H groups in total. The second kappa shape index (κ2) is 7.07. The summed E-state index contributed by atoms with van der Waals surface area (Å²) in [6.45, 7) is 4.00. The summed E-state index contributed by atoms with van der Waals surface area (Å²) in [7, 11) is 0. The molecule has 0 aliphatic rings. The summed E-state index contributed by atoms with van der Waals surface area (Å²) < 4.78 is 10.4. The summed E-state index contributed by atoms with van der Waals surface area (Å²) >= 11 is 0. The van der Waals surface area contributed by atoms with E-state index in [1.54, 1.807) is 24.3 Å². The van der Waals surface area contributed by atoms with Gasteiger partial charge in [-0.05, 0) is 24.6 Å². The molecule has 1 unspecified atom stereocenters. The van der Waals surface area contributed by atoms with Gasteiger partial charge in [0.25, 0.3) is 0 Å². The fraction of sp³-hybridized carbons (Fsp3) is 0.412. The lowest BCUT2D eigenvalue weighted by molar-refractivity contribution is -0.138. The first-order valence-corrected chi connectivity index (χ1v) is 7.35. The fourth-order valence-corrected chi connectivity index (χ4v) is 2.14. The van der Waals surface area contributed by atoms with Crippen molar-refractivity contribution in [2.24, 2.45) is 5.92 Å². The Bertz CT molecular complexity index is 672. The minimum absolute atomic E-state index is 0.130. The molecule has 1 atom stereocenters. The third kappa shape index (κ3) is 4.18. The Morgan fingerprint density at radius 2 is 2.00 bits per heavy atom. The number of esters is 1. The smallest absolute Gasteiger partial charge is 0.336 e. The van der Waals surface area contributed by atoms with Crippen molar-refractivity contribution in [2.45, 2.75) is 39.5 Å². The highest BCUT2D eigenvalue weighted by atomic mass is 16.5. The maximum absolute atomic E-state index is 12.0. The number of carbonyl (C=O) groups excluding carboxylic acids is 1. The van der Waals surface area contributed by atoms with Gasteiger partial charge >= 0.3 is 11.6 Å². The first kappa shape index (κ1) is 15.3. The van der Waals surface area contributed by atoms with Crippen LogP contribution in [-0.4, -0.2) is 5.97 Å². The van der Waals surface area contributed by atoms with Crippen molar-refractivity contribution < 1.29 is 13.9 Å². The second-order valence-electron chi connectivity index (χ2n) is 5.27. The van der Waals surface area contributed by atoms with Crippen LogP contribution in [0.4, 0.5) is 0 Å². The second-order valence-corrected chi connectivity index (χ2v) is 5.27. The molecule has 0 spiro atoms. The molecule has 1 aromatic heterocycles. The van der Waals surface area contributed by atoms with Gasteiger partial charge in [0.1, 0.15) is 11.3 Å². The van der Waals surface area contributed by atoms with E-state index in [-0.39, 0.29) is 11.9 Å². The van der Waals surface area contributed by atoms with Gasteiger partial charge in [0, 0.05) is 17.5 Å². The molecule has 0 aliphatic carbocycles. The number of benzene rings is 1. The molecule has 0 amide bonds. The molecule has 2 rings (SSSR count). The molecular formula is C17H20O4. The minimum atomic E-state index is -0.418. The van der Waals surface area contributed by atoms with Crippen molar-refractivity contribution >= 4 is 16.9 Å². The minimum Gasteiger partial charge on any atom is -0.426 e. The van der Waals surface area contributed by atoms with Gasteiger partial charge in [-0.25, -0.2) is 4.79 Å². The number of hydrogen-bond donors (Lipinski definition) is 0. The maximum Gasteiger partial charge on any atom is 0.336 e. The van der Waals surface area contributed by atoms with E-state index in [1.807, 2.05) is 6.92 Å². The van der Waals surface area contributed by atoms with Crippen molar-refractivity contribution in [3.05, 3.63) is 40.8 Å². The number of fused-ring (bicyclic) bond motifs is 1. The summed E-state index contributed by atoms with van der Waals surface area (Å²) in [6.07, 6.45) is 4.11. The molecule has 1 aromatic carbocycles. The zero-order chi connectivity index (χ0) is 15.2. The van der Waals surface area contributed by atoms with Crippen LogP contribution < -0.4 is 10.4 Å². The van der Waals surface area contributed by atoms with Crippen LogP contribution in [0.5, 0.6) is 5.75 Å². The van der Waals surface area contributed by atoms with Crippen LogP contribution in [0.1, 0.15) is 39.5 Å². The predicted molar refractivity (Wildman–Crippen MR) is 81.4 cm³/mol. The monoisotopic (exact) mass is 288 g/mol. The quantitative estimate of drug-likeness (QED) is 0.350. The van der Waals surface area contributed by atoms with E-state index in [1.165, 1.54) is 6.07 Å². The van der Waals surface area contributed by atoms with Gasteiger partial charge in [0.05, 0.1) is 5.92 Å². The van der Waals surface area contributed by atoms with Crippen LogP contribution in [-0.2, 0) is 4.79 Å². The molecular weight excluding hydrogens is 268 g/mol. The highest BCUT2D eigenvalue weighted by Crippen LogP contribution is 2.21.